The molecular weight excluding hydrogens is 202 g/mol. The normalized spacial score (nSPS) is 13.1. The summed E-state index contributed by atoms with van der Waals surface area (Å²) in [6.07, 6.45) is 1.56. The van der Waals surface area contributed by atoms with Crippen LogP contribution in [0.4, 0.5) is 0 Å². The summed E-state index contributed by atoms with van der Waals surface area (Å²) in [6, 6.07) is 0. The van der Waals surface area contributed by atoms with E-state index in [4.69, 9.17) is 5.11 Å². The van der Waals surface area contributed by atoms with Crippen LogP contribution in [-0.4, -0.2) is 31.1 Å². The summed E-state index contributed by atoms with van der Waals surface area (Å²) < 4.78 is 1.71. The fourth-order valence-electron chi connectivity index (χ4n) is 0.965. The van der Waals surface area contributed by atoms with Gasteiger partial charge in [-0.25, -0.2) is 0 Å². The molecular formula is C8H13N3O2S. The van der Waals surface area contributed by atoms with Crippen molar-refractivity contribution >= 4 is 17.7 Å². The molecule has 0 bridgehead atoms. The fraction of sp³-hybridized carbons (Fsp3) is 0.625. The number of aromatic nitrogens is 3. The van der Waals surface area contributed by atoms with Crippen LogP contribution in [-0.2, 0) is 11.8 Å². The van der Waals surface area contributed by atoms with Gasteiger partial charge in [-0.15, -0.1) is 10.2 Å². The molecule has 1 aromatic rings. The van der Waals surface area contributed by atoms with Gasteiger partial charge in [-0.05, 0) is 5.92 Å². The van der Waals surface area contributed by atoms with E-state index in [1.807, 2.05) is 13.8 Å². The quantitative estimate of drug-likeness (QED) is 0.759. The van der Waals surface area contributed by atoms with Crippen LogP contribution in [0, 0.1) is 5.92 Å². The molecule has 1 rings (SSSR count). The van der Waals surface area contributed by atoms with E-state index in [-0.39, 0.29) is 5.92 Å². The Morgan fingerprint density at radius 3 is 2.64 bits per heavy atom. The van der Waals surface area contributed by atoms with Crippen LogP contribution in [0.5, 0.6) is 0 Å². The third kappa shape index (κ3) is 2.47. The Labute approximate surface area is 86.5 Å². The lowest BCUT2D eigenvalue weighted by atomic mass is 10.1. The fourth-order valence-corrected chi connectivity index (χ4v) is 1.87. The van der Waals surface area contributed by atoms with Crippen LogP contribution in [0.3, 0.4) is 0 Å². The van der Waals surface area contributed by atoms with Gasteiger partial charge in [0.1, 0.15) is 11.6 Å². The molecule has 0 amide bonds. The minimum Gasteiger partial charge on any atom is -0.480 e. The number of hydrogen-bond acceptors (Lipinski definition) is 4. The summed E-state index contributed by atoms with van der Waals surface area (Å²) in [5, 5.41) is 16.6. The van der Waals surface area contributed by atoms with E-state index < -0.39 is 11.2 Å². The van der Waals surface area contributed by atoms with Crippen molar-refractivity contribution < 1.29 is 9.90 Å². The highest BCUT2D eigenvalue weighted by atomic mass is 32.2. The predicted octanol–water partition coefficient (Wildman–Crippen LogP) is 1.02. The standard InChI is InChI=1S/C8H13N3O2S/c1-5(2)6(7(12)13)14-8-10-9-4-11(8)3/h4-6H,1-3H3,(H,12,13). The molecule has 0 fully saturated rings. The molecule has 0 aliphatic heterocycles. The maximum absolute atomic E-state index is 10.9. The van der Waals surface area contributed by atoms with E-state index in [9.17, 15) is 4.79 Å². The Hall–Kier alpha value is -1.04. The molecule has 78 valence electrons. The molecule has 0 saturated heterocycles. The number of hydrogen-bond donors (Lipinski definition) is 1. The molecule has 5 nitrogen and oxygen atoms in total. The second kappa shape index (κ2) is 4.45. The van der Waals surface area contributed by atoms with Gasteiger partial charge in [-0.1, -0.05) is 25.6 Å². The number of thioether (sulfide) groups is 1. The third-order valence-corrected chi connectivity index (χ3v) is 3.33. The number of nitrogens with zero attached hydrogens (tertiary/aromatic N) is 3. The Morgan fingerprint density at radius 1 is 1.64 bits per heavy atom. The van der Waals surface area contributed by atoms with Crippen LogP contribution in [0.1, 0.15) is 13.8 Å². The summed E-state index contributed by atoms with van der Waals surface area (Å²) in [6.45, 7) is 3.75. The molecule has 0 aromatic carbocycles. The van der Waals surface area contributed by atoms with Crippen molar-refractivity contribution in [3.05, 3.63) is 6.33 Å². The van der Waals surface area contributed by atoms with E-state index in [1.54, 1.807) is 17.9 Å². The molecule has 1 unspecified atom stereocenters. The molecule has 0 aliphatic rings. The highest BCUT2D eigenvalue weighted by Gasteiger charge is 2.24. The first-order valence-electron chi connectivity index (χ1n) is 4.26. The maximum atomic E-state index is 10.9. The molecule has 1 N–H and O–H groups in total. The molecule has 1 aromatic heterocycles. The molecule has 0 saturated carbocycles. The summed E-state index contributed by atoms with van der Waals surface area (Å²) >= 11 is 1.23. The van der Waals surface area contributed by atoms with Gasteiger partial charge in [0.05, 0.1) is 0 Å². The lowest BCUT2D eigenvalue weighted by Crippen LogP contribution is -2.22. The zero-order chi connectivity index (χ0) is 10.7. The van der Waals surface area contributed by atoms with Crippen LogP contribution >= 0.6 is 11.8 Å². The van der Waals surface area contributed by atoms with Crippen molar-refractivity contribution in [1.29, 1.82) is 0 Å². The Kier molecular flexibility index (Phi) is 3.51. The van der Waals surface area contributed by atoms with Gasteiger partial charge in [0.15, 0.2) is 5.16 Å². The maximum Gasteiger partial charge on any atom is 0.317 e. The van der Waals surface area contributed by atoms with Crippen molar-refractivity contribution in [2.75, 3.05) is 0 Å². The minimum absolute atomic E-state index is 0.0641. The lowest BCUT2D eigenvalue weighted by Gasteiger charge is -2.14. The molecule has 14 heavy (non-hydrogen) atoms. The number of aliphatic carboxylic acids is 1. The van der Waals surface area contributed by atoms with Crippen molar-refractivity contribution in [3.8, 4) is 0 Å². The first-order chi connectivity index (χ1) is 6.52. The zero-order valence-corrected chi connectivity index (χ0v) is 9.15. The van der Waals surface area contributed by atoms with Gasteiger partial charge < -0.3 is 9.67 Å². The van der Waals surface area contributed by atoms with E-state index in [1.165, 1.54) is 11.8 Å². The van der Waals surface area contributed by atoms with Gasteiger partial charge in [-0.3, -0.25) is 4.79 Å². The summed E-state index contributed by atoms with van der Waals surface area (Å²) in [7, 11) is 1.79. The first kappa shape index (κ1) is 11.0. The Balaban J connectivity index is 2.75. The zero-order valence-electron chi connectivity index (χ0n) is 8.34. The molecule has 1 heterocycles. The van der Waals surface area contributed by atoms with Crippen molar-refractivity contribution in [2.24, 2.45) is 13.0 Å². The van der Waals surface area contributed by atoms with E-state index >= 15 is 0 Å². The lowest BCUT2D eigenvalue weighted by molar-refractivity contribution is -0.137. The molecule has 0 radical (unpaired) electrons. The second-order valence-electron chi connectivity index (χ2n) is 3.35. The predicted molar refractivity (Wildman–Crippen MR) is 53.1 cm³/mol. The van der Waals surface area contributed by atoms with Gasteiger partial charge >= 0.3 is 5.97 Å². The van der Waals surface area contributed by atoms with E-state index in [2.05, 4.69) is 10.2 Å². The first-order valence-corrected chi connectivity index (χ1v) is 5.13. The van der Waals surface area contributed by atoms with Crippen LogP contribution in [0.2, 0.25) is 0 Å². The van der Waals surface area contributed by atoms with Crippen LogP contribution in [0.15, 0.2) is 11.5 Å². The average Bonchev–Trinajstić information content (AvgIpc) is 2.46. The number of carbonyl (C=O) groups is 1. The molecule has 1 atom stereocenters. The van der Waals surface area contributed by atoms with Crippen LogP contribution < -0.4 is 0 Å². The Bertz CT molecular complexity index is 324. The second-order valence-corrected chi connectivity index (χ2v) is 4.45. The number of aryl methyl sites for hydroxylation is 1. The van der Waals surface area contributed by atoms with Crippen molar-refractivity contribution in [2.45, 2.75) is 24.3 Å². The Morgan fingerprint density at radius 2 is 2.29 bits per heavy atom. The minimum atomic E-state index is -0.812. The van der Waals surface area contributed by atoms with Crippen molar-refractivity contribution in [3.63, 3.8) is 0 Å². The van der Waals surface area contributed by atoms with Gasteiger partial charge in [0, 0.05) is 7.05 Å². The number of rotatable bonds is 4. The van der Waals surface area contributed by atoms with Crippen molar-refractivity contribution in [1.82, 2.24) is 14.8 Å². The molecule has 0 spiro atoms. The van der Waals surface area contributed by atoms with Gasteiger partial charge in [-0.2, -0.15) is 0 Å². The topological polar surface area (TPSA) is 68.0 Å². The largest absolute Gasteiger partial charge is 0.480 e. The van der Waals surface area contributed by atoms with Gasteiger partial charge in [0.25, 0.3) is 0 Å². The summed E-state index contributed by atoms with van der Waals surface area (Å²) in [5.41, 5.74) is 0. The third-order valence-electron chi connectivity index (χ3n) is 1.75. The van der Waals surface area contributed by atoms with E-state index in [0.717, 1.165) is 0 Å². The average molecular weight is 215 g/mol. The summed E-state index contributed by atoms with van der Waals surface area (Å²) in [4.78, 5) is 10.9. The SMILES string of the molecule is CC(C)C(Sc1nncn1C)C(=O)O. The van der Waals surface area contributed by atoms with Gasteiger partial charge in [0.2, 0.25) is 0 Å². The van der Waals surface area contributed by atoms with E-state index in [0.29, 0.717) is 5.16 Å². The summed E-state index contributed by atoms with van der Waals surface area (Å²) in [5.74, 6) is -0.748. The smallest absolute Gasteiger partial charge is 0.317 e. The molecule has 0 aliphatic carbocycles. The monoisotopic (exact) mass is 215 g/mol. The molecule has 6 heteroatoms. The van der Waals surface area contributed by atoms with Crippen LogP contribution in [0.25, 0.3) is 0 Å². The highest BCUT2D eigenvalue weighted by Crippen LogP contribution is 2.25. The number of carboxylic acids is 1. The highest BCUT2D eigenvalue weighted by molar-refractivity contribution is 8.00. The number of carboxylic acid groups (broad SMARTS) is 1.